The predicted octanol–water partition coefficient (Wildman–Crippen LogP) is 22.2. The Labute approximate surface area is 507 Å². The summed E-state index contributed by atoms with van der Waals surface area (Å²) in [4.78, 5) is 35.8. The third kappa shape index (κ3) is 66.3. The van der Waals surface area contributed by atoms with E-state index in [0.29, 0.717) is 17.4 Å². The Kier molecular flexibility index (Phi) is 60.6. The molecule has 0 rings (SSSR count). The number of phosphoric acid groups is 1. The molecule has 0 saturated carbocycles. The van der Waals surface area contributed by atoms with Crippen molar-refractivity contribution in [2.24, 2.45) is 0 Å². The molecule has 9 nitrogen and oxygen atoms in total. The van der Waals surface area contributed by atoms with Gasteiger partial charge in [-0.3, -0.25) is 18.6 Å². The average molecular weight is 1170 g/mol. The van der Waals surface area contributed by atoms with E-state index >= 15 is 0 Å². The lowest BCUT2D eigenvalue weighted by Crippen LogP contribution is -2.37. The van der Waals surface area contributed by atoms with E-state index in [9.17, 15) is 19.0 Å². The first-order chi connectivity index (χ1) is 40.0. The van der Waals surface area contributed by atoms with Crippen LogP contribution in [0.3, 0.4) is 0 Å². The van der Waals surface area contributed by atoms with Crippen molar-refractivity contribution in [2.45, 2.75) is 315 Å². The molecule has 2 atom stereocenters. The molecule has 0 aromatic heterocycles. The largest absolute Gasteiger partial charge is 0.472 e. The Bertz CT molecular complexity index is 1660. The summed E-state index contributed by atoms with van der Waals surface area (Å²) >= 11 is 0. The number of phosphoric ester groups is 1. The number of quaternary nitrogens is 1. The molecule has 0 fully saturated rings. The molecule has 0 radical (unpaired) electrons. The van der Waals surface area contributed by atoms with E-state index in [1.165, 1.54) is 205 Å². The van der Waals surface area contributed by atoms with Crippen LogP contribution >= 0.6 is 7.82 Å². The first-order valence-corrected chi connectivity index (χ1v) is 35.8. The highest BCUT2D eigenvalue weighted by Gasteiger charge is 2.27. The van der Waals surface area contributed by atoms with Gasteiger partial charge in [-0.2, -0.15) is 0 Å². The number of hydrogen-bond acceptors (Lipinski definition) is 7. The van der Waals surface area contributed by atoms with Crippen LogP contribution in [-0.4, -0.2) is 74.9 Å². The van der Waals surface area contributed by atoms with Crippen molar-refractivity contribution in [3.8, 4) is 0 Å². The maximum absolute atomic E-state index is 12.9. The second-order valence-electron chi connectivity index (χ2n) is 24.2. The Balaban J connectivity index is 3.99. The van der Waals surface area contributed by atoms with Crippen molar-refractivity contribution in [2.75, 3.05) is 47.5 Å². The highest BCUT2D eigenvalue weighted by atomic mass is 31.2. The predicted molar refractivity (Wildman–Crippen MR) is 353 cm³/mol. The SMILES string of the molecule is CC/C=C\C/C=C\C/C=C\C/C=C\C/C=C\CCCCCCCCCCCCCCCCCCCCCCCC(=O)OC(COC(=O)CCCCCCCCCCC/C=C\C/C=C\CCCCCCC)COP(=O)(O)OCC[N+](C)(C)C. The fourth-order valence-electron chi connectivity index (χ4n) is 9.66. The van der Waals surface area contributed by atoms with Crippen LogP contribution in [0, 0.1) is 0 Å². The van der Waals surface area contributed by atoms with E-state index in [1.807, 2.05) is 21.1 Å². The van der Waals surface area contributed by atoms with Crippen molar-refractivity contribution in [1.29, 1.82) is 0 Å². The number of esters is 2. The van der Waals surface area contributed by atoms with Gasteiger partial charge in [-0.25, -0.2) is 4.57 Å². The minimum absolute atomic E-state index is 0.0304. The molecule has 0 aliphatic heterocycles. The highest BCUT2D eigenvalue weighted by Crippen LogP contribution is 2.43. The van der Waals surface area contributed by atoms with E-state index in [4.69, 9.17) is 18.5 Å². The van der Waals surface area contributed by atoms with Gasteiger partial charge in [0.05, 0.1) is 27.7 Å². The van der Waals surface area contributed by atoms with Gasteiger partial charge in [-0.15, -0.1) is 0 Å². The summed E-state index contributed by atoms with van der Waals surface area (Å²) in [7, 11) is 1.48. The van der Waals surface area contributed by atoms with Gasteiger partial charge in [0.15, 0.2) is 6.10 Å². The number of ether oxygens (including phenoxy) is 2. The molecule has 476 valence electrons. The number of allylic oxidation sites excluding steroid dienone is 14. The monoisotopic (exact) mass is 1170 g/mol. The molecule has 0 aromatic carbocycles. The third-order valence-electron chi connectivity index (χ3n) is 14.9. The van der Waals surface area contributed by atoms with Gasteiger partial charge in [0.25, 0.3) is 0 Å². The van der Waals surface area contributed by atoms with Gasteiger partial charge in [0, 0.05) is 12.8 Å². The quantitative estimate of drug-likeness (QED) is 0.0211. The number of unbranched alkanes of at least 4 members (excludes halogenated alkanes) is 35. The van der Waals surface area contributed by atoms with Crippen LogP contribution in [0.1, 0.15) is 309 Å². The zero-order valence-electron chi connectivity index (χ0n) is 54.2. The number of likely N-dealkylation sites (N-methyl/N-ethyl adjacent to an activating group) is 1. The minimum Gasteiger partial charge on any atom is -0.462 e. The minimum atomic E-state index is -4.39. The fraction of sp³-hybridized carbons (Fsp3) is 0.778. The van der Waals surface area contributed by atoms with Crippen molar-refractivity contribution < 1.29 is 42.1 Å². The van der Waals surface area contributed by atoms with Crippen molar-refractivity contribution in [3.63, 3.8) is 0 Å². The van der Waals surface area contributed by atoms with Crippen LogP contribution in [0.4, 0.5) is 0 Å². The lowest BCUT2D eigenvalue weighted by molar-refractivity contribution is -0.870. The van der Waals surface area contributed by atoms with E-state index in [0.717, 1.165) is 70.6 Å². The number of carbonyl (C=O) groups is 2. The summed E-state index contributed by atoms with van der Waals surface area (Å²) in [6, 6.07) is 0. The molecule has 0 heterocycles. The Hall–Kier alpha value is -2.81. The van der Waals surface area contributed by atoms with Crippen LogP contribution in [0.2, 0.25) is 0 Å². The molecular weight excluding hydrogens is 1040 g/mol. The van der Waals surface area contributed by atoms with Gasteiger partial charge in [-0.1, -0.05) is 292 Å². The number of rotatable bonds is 63. The molecule has 1 N–H and O–H groups in total. The summed E-state index contributed by atoms with van der Waals surface area (Å²) < 4.78 is 34.7. The van der Waals surface area contributed by atoms with E-state index in [1.54, 1.807) is 0 Å². The lowest BCUT2D eigenvalue weighted by atomic mass is 10.0. The first-order valence-electron chi connectivity index (χ1n) is 34.3. The molecular formula is C72H131NO8P+. The standard InChI is InChI=1S/C72H130NO8P/c1-6-8-10-12-14-16-18-20-22-24-26-28-29-30-31-32-33-34-35-36-37-38-39-40-41-42-43-45-47-49-51-53-55-57-59-61-63-65-72(75)81-70(69-80-82(76,77)79-67-66-73(3,4)5)68-78-71(74)64-62-60-58-56-54-52-50-48-46-44-27-25-23-21-19-17-15-13-11-9-7-2/h8,10,14,16,19-22,25-28,30-31,70H,6-7,9,11-13,15,17-18,23-24,29,32-69H2,1-5H3/p+1/b10-8-,16-14-,21-19-,22-20-,27-25-,28-26-,31-30-. The topological polar surface area (TPSA) is 108 Å². The Morgan fingerprint density at radius 1 is 0.390 bits per heavy atom. The fourth-order valence-corrected chi connectivity index (χ4v) is 10.4. The maximum Gasteiger partial charge on any atom is 0.472 e. The second-order valence-corrected chi connectivity index (χ2v) is 25.6. The summed E-state index contributed by atoms with van der Waals surface area (Å²) in [6.45, 7) is 4.34. The zero-order chi connectivity index (χ0) is 59.8. The molecule has 2 unspecified atom stereocenters. The number of hydrogen-bond donors (Lipinski definition) is 1. The Morgan fingerprint density at radius 3 is 1.04 bits per heavy atom. The van der Waals surface area contributed by atoms with Crippen LogP contribution < -0.4 is 0 Å². The van der Waals surface area contributed by atoms with Gasteiger partial charge in [0.1, 0.15) is 19.8 Å². The van der Waals surface area contributed by atoms with Gasteiger partial charge < -0.3 is 18.9 Å². The van der Waals surface area contributed by atoms with Gasteiger partial charge >= 0.3 is 19.8 Å². The average Bonchev–Trinajstić information content (AvgIpc) is 3.46. The summed E-state index contributed by atoms with van der Waals surface area (Å²) in [5.74, 6) is -0.791. The summed E-state index contributed by atoms with van der Waals surface area (Å²) in [5, 5.41) is 0. The first kappa shape index (κ1) is 79.2. The molecule has 82 heavy (non-hydrogen) atoms. The summed E-state index contributed by atoms with van der Waals surface area (Å²) in [5.41, 5.74) is 0. The normalized spacial score (nSPS) is 13.7. The second kappa shape index (κ2) is 62.7. The molecule has 0 spiro atoms. The van der Waals surface area contributed by atoms with Gasteiger partial charge in [-0.05, 0) is 89.9 Å². The van der Waals surface area contributed by atoms with Gasteiger partial charge in [0.2, 0.25) is 0 Å². The Morgan fingerprint density at radius 2 is 0.695 bits per heavy atom. The van der Waals surface area contributed by atoms with E-state index in [-0.39, 0.29) is 32.0 Å². The highest BCUT2D eigenvalue weighted by molar-refractivity contribution is 7.47. The smallest absolute Gasteiger partial charge is 0.462 e. The van der Waals surface area contributed by atoms with E-state index in [2.05, 4.69) is 98.9 Å². The number of nitrogens with zero attached hydrogens (tertiary/aromatic N) is 1. The lowest BCUT2D eigenvalue weighted by Gasteiger charge is -2.24. The van der Waals surface area contributed by atoms with Crippen LogP contribution in [-0.2, 0) is 32.7 Å². The molecule has 0 aliphatic carbocycles. The van der Waals surface area contributed by atoms with Crippen molar-refractivity contribution in [3.05, 3.63) is 85.1 Å². The van der Waals surface area contributed by atoms with Crippen molar-refractivity contribution in [1.82, 2.24) is 0 Å². The molecule has 0 bridgehead atoms. The zero-order valence-corrected chi connectivity index (χ0v) is 55.1. The van der Waals surface area contributed by atoms with Crippen molar-refractivity contribution >= 4 is 19.8 Å². The number of carbonyl (C=O) groups excluding carboxylic acids is 2. The maximum atomic E-state index is 12.9. The van der Waals surface area contributed by atoms with Crippen LogP contribution in [0.25, 0.3) is 0 Å². The summed E-state index contributed by atoms with van der Waals surface area (Å²) in [6.07, 6.45) is 85.4. The third-order valence-corrected chi connectivity index (χ3v) is 15.9. The molecule has 0 aromatic rings. The van der Waals surface area contributed by atoms with Crippen LogP contribution in [0.5, 0.6) is 0 Å². The molecule has 0 amide bonds. The molecule has 0 saturated heterocycles. The van der Waals surface area contributed by atoms with E-state index < -0.39 is 26.5 Å². The molecule has 0 aliphatic rings. The molecule has 10 heteroatoms. The van der Waals surface area contributed by atoms with Crippen LogP contribution in [0.15, 0.2) is 85.1 Å².